The van der Waals surface area contributed by atoms with Crippen LogP contribution in [0, 0.1) is 10.1 Å². The number of hydrogen-bond acceptors (Lipinski definition) is 12. The van der Waals surface area contributed by atoms with Gasteiger partial charge in [-0.3, -0.25) is 10.1 Å². The molecule has 0 saturated carbocycles. The van der Waals surface area contributed by atoms with Crippen LogP contribution in [0.5, 0.6) is 5.75 Å². The van der Waals surface area contributed by atoms with Gasteiger partial charge in [-0.2, -0.15) is 5.11 Å². The Bertz CT molecular complexity index is 1470. The number of anilines is 1. The summed E-state index contributed by atoms with van der Waals surface area (Å²) in [6.07, 6.45) is 0. The van der Waals surface area contributed by atoms with Crippen LogP contribution < -0.4 is 5.73 Å². The zero-order valence-corrected chi connectivity index (χ0v) is 16.6. The minimum absolute atomic E-state index is 0.0522. The van der Waals surface area contributed by atoms with Crippen molar-refractivity contribution in [3.63, 3.8) is 0 Å². The lowest BCUT2D eigenvalue weighted by molar-refractivity contribution is -0.384. The molecule has 3 aromatic carbocycles. The van der Waals surface area contributed by atoms with Crippen LogP contribution in [0.25, 0.3) is 10.8 Å². The Morgan fingerprint density at radius 3 is 2.06 bits per heavy atom. The van der Waals surface area contributed by atoms with Crippen LogP contribution in [0.4, 0.5) is 22.7 Å². The minimum Gasteiger partial charge on any atom is -0.744 e. The summed E-state index contributed by atoms with van der Waals surface area (Å²) in [5.74, 6) is -0.772. The van der Waals surface area contributed by atoms with Gasteiger partial charge in [0.15, 0.2) is 0 Å². The molecule has 3 N–H and O–H groups in total. The largest absolute Gasteiger partial charge is 0.744 e. The van der Waals surface area contributed by atoms with E-state index in [1.54, 1.807) is 0 Å². The lowest BCUT2D eigenvalue weighted by Crippen LogP contribution is -2.03. The summed E-state index contributed by atoms with van der Waals surface area (Å²) < 4.78 is 68.9. The molecule has 13 nitrogen and oxygen atoms in total. The summed E-state index contributed by atoms with van der Waals surface area (Å²) in [4.78, 5) is 8.18. The standard InChI is InChI=1S/C16H12N4O9S2/c17-15-14-8(5-11(7-12(14)21)30(24,25)26)6-13(31(27,28)29)16(15)19-18-9-1-3-10(4-2-9)20(22)23/h1-7,21H,17H2,(H,24,25,26)(H,27,28,29)/p-2. The number of benzene rings is 3. The maximum absolute atomic E-state index is 11.7. The molecule has 0 saturated heterocycles. The smallest absolute Gasteiger partial charge is 0.269 e. The van der Waals surface area contributed by atoms with Crippen LogP contribution in [0.3, 0.4) is 0 Å². The molecular formula is C16H10N4O9S2-2. The van der Waals surface area contributed by atoms with E-state index in [1.807, 2.05) is 0 Å². The second-order valence-corrected chi connectivity index (χ2v) is 8.79. The molecule has 31 heavy (non-hydrogen) atoms. The second kappa shape index (κ2) is 7.55. The van der Waals surface area contributed by atoms with E-state index in [4.69, 9.17) is 5.73 Å². The topological polar surface area (TPSA) is 229 Å². The van der Waals surface area contributed by atoms with E-state index in [-0.39, 0.29) is 22.1 Å². The van der Waals surface area contributed by atoms with Gasteiger partial charge in [-0.05, 0) is 35.7 Å². The fraction of sp³-hybridized carbons (Fsp3) is 0. The predicted molar refractivity (Wildman–Crippen MR) is 103 cm³/mol. The molecule has 0 amide bonds. The van der Waals surface area contributed by atoms with Gasteiger partial charge in [0.2, 0.25) is 0 Å². The number of fused-ring (bicyclic) bond motifs is 1. The molecular weight excluding hydrogens is 456 g/mol. The summed E-state index contributed by atoms with van der Waals surface area (Å²) in [5.41, 5.74) is 4.52. The minimum atomic E-state index is -5.21. The van der Waals surface area contributed by atoms with Gasteiger partial charge < -0.3 is 19.9 Å². The lowest BCUT2D eigenvalue weighted by Gasteiger charge is -2.16. The number of nitro benzene ring substituents is 1. The zero-order chi connectivity index (χ0) is 23.1. The molecule has 0 heterocycles. The van der Waals surface area contributed by atoms with Gasteiger partial charge in [-0.25, -0.2) is 16.8 Å². The Hall–Kier alpha value is -3.66. The molecule has 0 aromatic heterocycles. The number of hydrogen-bond donors (Lipinski definition) is 2. The number of azo groups is 1. The summed E-state index contributed by atoms with van der Waals surface area (Å²) in [7, 11) is -10.2. The number of phenolic OH excluding ortho intramolecular Hbond substituents is 1. The maximum Gasteiger partial charge on any atom is 0.269 e. The summed E-state index contributed by atoms with van der Waals surface area (Å²) >= 11 is 0. The number of nitrogen functional groups attached to an aromatic ring is 1. The second-order valence-electron chi connectivity index (χ2n) is 6.06. The zero-order valence-electron chi connectivity index (χ0n) is 15.0. The van der Waals surface area contributed by atoms with Crippen molar-refractivity contribution in [1.82, 2.24) is 0 Å². The quantitative estimate of drug-likeness (QED) is 0.183. The molecule has 3 rings (SSSR count). The van der Waals surface area contributed by atoms with Crippen molar-refractivity contribution >= 4 is 53.8 Å². The third-order valence-electron chi connectivity index (χ3n) is 4.05. The molecule has 0 radical (unpaired) electrons. The number of nitro groups is 1. The highest BCUT2D eigenvalue weighted by Gasteiger charge is 2.20. The first-order chi connectivity index (χ1) is 14.3. The van der Waals surface area contributed by atoms with Gasteiger partial charge in [0.25, 0.3) is 5.69 Å². The average Bonchev–Trinajstić information content (AvgIpc) is 2.65. The first-order valence-electron chi connectivity index (χ1n) is 7.96. The first kappa shape index (κ1) is 22.0. The number of aromatic hydroxyl groups is 1. The van der Waals surface area contributed by atoms with E-state index < -0.39 is 52.1 Å². The molecule has 0 unspecified atom stereocenters. The third kappa shape index (κ3) is 4.43. The molecule has 0 atom stereocenters. The molecule has 15 heteroatoms. The highest BCUT2D eigenvalue weighted by molar-refractivity contribution is 7.86. The highest BCUT2D eigenvalue weighted by atomic mass is 32.2. The lowest BCUT2D eigenvalue weighted by atomic mass is 10.1. The number of non-ortho nitro benzene ring substituents is 1. The van der Waals surface area contributed by atoms with E-state index in [0.29, 0.717) is 12.1 Å². The molecule has 0 aliphatic heterocycles. The van der Waals surface area contributed by atoms with E-state index in [9.17, 15) is 41.2 Å². The van der Waals surface area contributed by atoms with Crippen molar-refractivity contribution < 1.29 is 36.0 Å². The van der Waals surface area contributed by atoms with Crippen molar-refractivity contribution in [3.8, 4) is 5.75 Å². The monoisotopic (exact) mass is 466 g/mol. The van der Waals surface area contributed by atoms with Crippen LogP contribution in [0.1, 0.15) is 0 Å². The molecule has 0 bridgehead atoms. The average molecular weight is 466 g/mol. The highest BCUT2D eigenvalue weighted by Crippen LogP contribution is 2.43. The van der Waals surface area contributed by atoms with Gasteiger partial charge in [0, 0.05) is 17.5 Å². The van der Waals surface area contributed by atoms with Crippen molar-refractivity contribution in [1.29, 1.82) is 0 Å². The Balaban J connectivity index is 2.26. The molecule has 0 fully saturated rings. The van der Waals surface area contributed by atoms with Crippen molar-refractivity contribution in [3.05, 3.63) is 52.6 Å². The number of rotatable bonds is 5. The summed E-state index contributed by atoms with van der Waals surface area (Å²) in [5, 5.41) is 27.6. The van der Waals surface area contributed by atoms with E-state index >= 15 is 0 Å². The van der Waals surface area contributed by atoms with Crippen molar-refractivity contribution in [2.45, 2.75) is 9.79 Å². The normalized spacial score (nSPS) is 12.5. The van der Waals surface area contributed by atoms with Crippen molar-refractivity contribution in [2.24, 2.45) is 10.2 Å². The number of nitrogens with two attached hydrogens (primary N) is 1. The van der Waals surface area contributed by atoms with Gasteiger partial charge in [0.05, 0.1) is 26.1 Å². The molecule has 0 spiro atoms. The Labute approximate surface area is 174 Å². The van der Waals surface area contributed by atoms with Gasteiger partial charge in [-0.1, -0.05) is 0 Å². The van der Waals surface area contributed by atoms with Gasteiger partial charge in [-0.15, -0.1) is 5.11 Å². The van der Waals surface area contributed by atoms with Crippen LogP contribution in [0.2, 0.25) is 0 Å². The van der Waals surface area contributed by atoms with Crippen LogP contribution in [-0.2, 0) is 20.2 Å². The first-order valence-corrected chi connectivity index (χ1v) is 10.8. The van der Waals surface area contributed by atoms with Gasteiger partial charge >= 0.3 is 0 Å². The fourth-order valence-corrected chi connectivity index (χ4v) is 3.86. The molecule has 0 aliphatic rings. The van der Waals surface area contributed by atoms with Crippen LogP contribution >= 0.6 is 0 Å². The summed E-state index contributed by atoms with van der Waals surface area (Å²) in [6.45, 7) is 0. The van der Waals surface area contributed by atoms with E-state index in [1.165, 1.54) is 12.1 Å². The van der Waals surface area contributed by atoms with E-state index in [0.717, 1.165) is 18.2 Å². The molecule has 0 aliphatic carbocycles. The van der Waals surface area contributed by atoms with Crippen LogP contribution in [0.15, 0.2) is 62.5 Å². The third-order valence-corrected chi connectivity index (χ3v) is 5.71. The van der Waals surface area contributed by atoms with Crippen LogP contribution in [-0.4, -0.2) is 36.0 Å². The Morgan fingerprint density at radius 2 is 1.55 bits per heavy atom. The Kier molecular flexibility index (Phi) is 5.36. The van der Waals surface area contributed by atoms with E-state index in [2.05, 4.69) is 10.2 Å². The van der Waals surface area contributed by atoms with Gasteiger partial charge in [0.1, 0.15) is 31.7 Å². The molecule has 3 aromatic rings. The predicted octanol–water partition coefficient (Wildman–Crippen LogP) is 2.26. The maximum atomic E-state index is 11.7. The SMILES string of the molecule is Nc1c(N=Nc2ccc([N+](=O)[O-])cc2)c(S(=O)(=O)[O-])cc2cc(S(=O)(=O)[O-])cc(O)c12. The molecule has 162 valence electrons. The number of nitrogens with zero attached hydrogens (tertiary/aromatic N) is 3. The Morgan fingerprint density at radius 1 is 0.935 bits per heavy atom. The summed E-state index contributed by atoms with van der Waals surface area (Å²) in [6, 6.07) is 6.69. The van der Waals surface area contributed by atoms with Crippen molar-refractivity contribution in [2.75, 3.05) is 5.73 Å². The number of phenols is 1. The fourth-order valence-electron chi connectivity index (χ4n) is 2.68.